The van der Waals surface area contributed by atoms with Crippen molar-refractivity contribution in [3.8, 4) is 0 Å². The average molecular weight is 201 g/mol. The van der Waals surface area contributed by atoms with Crippen molar-refractivity contribution in [2.45, 2.75) is 18.1 Å². The first-order valence-corrected chi connectivity index (χ1v) is 5.36. The van der Waals surface area contributed by atoms with E-state index >= 15 is 0 Å². The molecule has 0 bridgehead atoms. The fourth-order valence-electron chi connectivity index (χ4n) is 0.819. The molecule has 11 heavy (non-hydrogen) atoms. The summed E-state index contributed by atoms with van der Waals surface area (Å²) < 4.78 is 30.5. The molecule has 6 heteroatoms. The van der Waals surface area contributed by atoms with Crippen molar-refractivity contribution in [2.24, 2.45) is 0 Å². The number of rotatable bonds is 2. The zero-order valence-corrected chi connectivity index (χ0v) is 7.56. The summed E-state index contributed by atoms with van der Waals surface area (Å²) in [6.07, 6.45) is 0.722. The molecular formula is C5H9ClO4S. The van der Waals surface area contributed by atoms with Crippen molar-refractivity contribution in [1.82, 2.24) is 0 Å². The van der Waals surface area contributed by atoms with Crippen LogP contribution in [0.15, 0.2) is 0 Å². The van der Waals surface area contributed by atoms with Gasteiger partial charge < -0.3 is 4.74 Å². The van der Waals surface area contributed by atoms with Gasteiger partial charge in [0.1, 0.15) is 0 Å². The first kappa shape index (κ1) is 9.25. The summed E-state index contributed by atoms with van der Waals surface area (Å²) in [5, 5.41) is -0.137. The van der Waals surface area contributed by atoms with Gasteiger partial charge in [-0.1, -0.05) is 0 Å². The molecule has 0 aromatic carbocycles. The third-order valence-corrected chi connectivity index (χ3v) is 2.06. The number of hydrogen-bond donors (Lipinski definition) is 0. The van der Waals surface area contributed by atoms with Crippen molar-refractivity contribution in [2.75, 3.05) is 12.9 Å². The summed E-state index contributed by atoms with van der Waals surface area (Å²) in [7, 11) is -3.41. The average Bonchev–Trinajstić information content (AvgIpc) is 2.10. The van der Waals surface area contributed by atoms with Crippen LogP contribution < -0.4 is 0 Å². The smallest absolute Gasteiger partial charge is 0.266 e. The van der Waals surface area contributed by atoms with Crippen LogP contribution in [-0.4, -0.2) is 32.9 Å². The summed E-state index contributed by atoms with van der Waals surface area (Å²) in [5.41, 5.74) is 0. The molecule has 4 nitrogen and oxygen atoms in total. The molecule has 1 rings (SSSR count). The van der Waals surface area contributed by atoms with Crippen LogP contribution >= 0.6 is 11.6 Å². The third-order valence-electron chi connectivity index (χ3n) is 1.19. The Bertz CT molecular complexity index is 225. The second-order valence-electron chi connectivity index (χ2n) is 2.40. The van der Waals surface area contributed by atoms with Gasteiger partial charge in [-0.15, -0.1) is 11.6 Å². The van der Waals surface area contributed by atoms with Gasteiger partial charge in [0.15, 0.2) is 6.29 Å². The van der Waals surface area contributed by atoms with Gasteiger partial charge in [0.2, 0.25) is 0 Å². The number of ether oxygens (including phenoxy) is 1. The first-order valence-electron chi connectivity index (χ1n) is 3.11. The third kappa shape index (κ3) is 3.37. The van der Waals surface area contributed by atoms with E-state index in [1.807, 2.05) is 0 Å². The van der Waals surface area contributed by atoms with E-state index in [-0.39, 0.29) is 5.38 Å². The normalized spacial score (nSPS) is 32.5. The highest BCUT2D eigenvalue weighted by molar-refractivity contribution is 7.86. The van der Waals surface area contributed by atoms with Crippen LogP contribution in [0.5, 0.6) is 0 Å². The Morgan fingerprint density at radius 3 is 2.64 bits per heavy atom. The van der Waals surface area contributed by atoms with Crippen LogP contribution in [0.3, 0.4) is 0 Å². The minimum Gasteiger partial charge on any atom is -0.350 e. The van der Waals surface area contributed by atoms with Crippen molar-refractivity contribution in [1.29, 1.82) is 0 Å². The van der Waals surface area contributed by atoms with E-state index in [9.17, 15) is 8.42 Å². The molecular weight excluding hydrogens is 192 g/mol. The molecule has 0 aromatic rings. The molecule has 1 heterocycles. The van der Waals surface area contributed by atoms with Crippen LogP contribution in [0.1, 0.15) is 6.42 Å². The Morgan fingerprint density at radius 2 is 2.27 bits per heavy atom. The van der Waals surface area contributed by atoms with E-state index < -0.39 is 16.4 Å². The minimum absolute atomic E-state index is 0.137. The van der Waals surface area contributed by atoms with E-state index in [1.165, 1.54) is 0 Å². The van der Waals surface area contributed by atoms with Gasteiger partial charge in [0.05, 0.1) is 18.2 Å². The second-order valence-corrected chi connectivity index (χ2v) is 4.61. The maximum atomic E-state index is 10.5. The quantitative estimate of drug-likeness (QED) is 0.476. The van der Waals surface area contributed by atoms with Gasteiger partial charge in [0, 0.05) is 6.42 Å². The lowest BCUT2D eigenvalue weighted by atomic mass is 10.4. The lowest BCUT2D eigenvalue weighted by molar-refractivity contribution is -0.0338. The van der Waals surface area contributed by atoms with Crippen molar-refractivity contribution >= 4 is 21.7 Å². The highest BCUT2D eigenvalue weighted by atomic mass is 35.5. The summed E-state index contributed by atoms with van der Waals surface area (Å²) in [5.74, 6) is 0. The van der Waals surface area contributed by atoms with Crippen molar-refractivity contribution < 1.29 is 17.3 Å². The number of hydrogen-bond acceptors (Lipinski definition) is 4. The Hall–Kier alpha value is 0.160. The molecule has 0 saturated carbocycles. The summed E-state index contributed by atoms with van der Waals surface area (Å²) in [6, 6.07) is 0. The van der Waals surface area contributed by atoms with E-state index in [0.717, 1.165) is 6.26 Å². The molecule has 0 unspecified atom stereocenters. The van der Waals surface area contributed by atoms with Gasteiger partial charge in [-0.25, -0.2) is 4.18 Å². The van der Waals surface area contributed by atoms with Crippen LogP contribution in [0.2, 0.25) is 0 Å². The first-order chi connectivity index (χ1) is 4.97. The van der Waals surface area contributed by atoms with Gasteiger partial charge in [-0.05, 0) is 0 Å². The molecule has 1 saturated heterocycles. The fourth-order valence-corrected chi connectivity index (χ4v) is 1.56. The SMILES string of the molecule is CS(=O)(=O)O[C@@H]1C[C@@H](Cl)CO1. The number of halogens is 1. The molecule has 0 amide bonds. The Balaban J connectivity index is 2.41. The van der Waals surface area contributed by atoms with Crippen molar-refractivity contribution in [3.63, 3.8) is 0 Å². The largest absolute Gasteiger partial charge is 0.350 e. The number of alkyl halides is 1. The van der Waals surface area contributed by atoms with Gasteiger partial charge in [0.25, 0.3) is 10.1 Å². The standard InChI is InChI=1S/C5H9ClO4S/c1-11(7,8)10-5-2-4(6)3-9-5/h4-5H,2-3H2,1H3/t4-,5-/m1/s1. The van der Waals surface area contributed by atoms with Crippen LogP contribution in [0, 0.1) is 0 Å². The van der Waals surface area contributed by atoms with E-state index in [1.54, 1.807) is 0 Å². The van der Waals surface area contributed by atoms with Gasteiger partial charge in [-0.2, -0.15) is 8.42 Å². The molecule has 1 fully saturated rings. The van der Waals surface area contributed by atoms with Crippen LogP contribution in [-0.2, 0) is 19.0 Å². The monoisotopic (exact) mass is 200 g/mol. The van der Waals surface area contributed by atoms with Crippen LogP contribution in [0.25, 0.3) is 0 Å². The Kier molecular flexibility index (Phi) is 2.74. The van der Waals surface area contributed by atoms with Gasteiger partial charge in [-0.3, -0.25) is 0 Å². The van der Waals surface area contributed by atoms with Crippen molar-refractivity contribution in [3.05, 3.63) is 0 Å². The fraction of sp³-hybridized carbons (Fsp3) is 1.00. The minimum atomic E-state index is -3.41. The van der Waals surface area contributed by atoms with E-state index in [4.69, 9.17) is 16.3 Å². The molecule has 1 aliphatic rings. The maximum Gasteiger partial charge on any atom is 0.266 e. The second kappa shape index (κ2) is 3.26. The topological polar surface area (TPSA) is 52.6 Å². The zero-order chi connectivity index (χ0) is 8.48. The summed E-state index contributed by atoms with van der Waals surface area (Å²) >= 11 is 5.64. The molecule has 0 aliphatic carbocycles. The van der Waals surface area contributed by atoms with Gasteiger partial charge >= 0.3 is 0 Å². The molecule has 0 N–H and O–H groups in total. The molecule has 0 aromatic heterocycles. The summed E-state index contributed by atoms with van der Waals surface area (Å²) in [6.45, 7) is 0.349. The maximum absolute atomic E-state index is 10.5. The predicted molar refractivity (Wildman–Crippen MR) is 39.9 cm³/mol. The molecule has 0 radical (unpaired) electrons. The lowest BCUT2D eigenvalue weighted by Gasteiger charge is -2.06. The van der Waals surface area contributed by atoms with E-state index in [2.05, 4.69) is 4.18 Å². The summed E-state index contributed by atoms with van der Waals surface area (Å²) in [4.78, 5) is 0. The molecule has 2 atom stereocenters. The molecule has 0 spiro atoms. The Labute approximate surface area is 70.6 Å². The van der Waals surface area contributed by atoms with Crippen LogP contribution in [0.4, 0.5) is 0 Å². The molecule has 1 aliphatic heterocycles. The Morgan fingerprint density at radius 1 is 1.64 bits per heavy atom. The predicted octanol–water partition coefficient (Wildman–Crippen LogP) is 0.316. The zero-order valence-electron chi connectivity index (χ0n) is 5.99. The highest BCUT2D eigenvalue weighted by Crippen LogP contribution is 2.19. The molecule has 66 valence electrons. The highest BCUT2D eigenvalue weighted by Gasteiger charge is 2.27. The van der Waals surface area contributed by atoms with E-state index in [0.29, 0.717) is 13.0 Å². The lowest BCUT2D eigenvalue weighted by Crippen LogP contribution is -2.15.